The number of anilines is 1. The average Bonchev–Trinajstić information content (AvgIpc) is 1.96. The molecule has 0 aliphatic carbocycles. The van der Waals surface area contributed by atoms with Gasteiger partial charge in [-0.1, -0.05) is 11.6 Å². The molecule has 1 rings (SSSR count). The second-order valence-electron chi connectivity index (χ2n) is 2.74. The second kappa shape index (κ2) is 3.15. The monoisotopic (exact) mass is 183 g/mol. The van der Waals surface area contributed by atoms with Crippen LogP contribution in [0.5, 0.6) is 0 Å². The first-order valence-electron chi connectivity index (χ1n) is 3.59. The van der Waals surface area contributed by atoms with E-state index in [1.165, 1.54) is 6.92 Å². The molecule has 0 unspecified atom stereocenters. The maximum Gasteiger partial charge on any atom is 0.161 e. The lowest BCUT2D eigenvalue weighted by Crippen LogP contribution is -1.97. The first-order chi connectivity index (χ1) is 5.52. The summed E-state index contributed by atoms with van der Waals surface area (Å²) in [4.78, 5) is 11.0. The summed E-state index contributed by atoms with van der Waals surface area (Å²) in [6.07, 6.45) is 0. The van der Waals surface area contributed by atoms with Crippen LogP contribution in [0.15, 0.2) is 12.1 Å². The quantitative estimate of drug-likeness (QED) is 0.537. The molecule has 0 fully saturated rings. The van der Waals surface area contributed by atoms with Crippen molar-refractivity contribution in [3.8, 4) is 0 Å². The van der Waals surface area contributed by atoms with Gasteiger partial charge in [0.1, 0.15) is 0 Å². The fourth-order valence-corrected chi connectivity index (χ4v) is 1.31. The van der Waals surface area contributed by atoms with Gasteiger partial charge in [0.15, 0.2) is 5.78 Å². The Morgan fingerprint density at radius 3 is 2.58 bits per heavy atom. The topological polar surface area (TPSA) is 43.1 Å². The molecule has 1 aromatic carbocycles. The molecule has 2 nitrogen and oxygen atoms in total. The van der Waals surface area contributed by atoms with E-state index in [4.69, 9.17) is 17.3 Å². The highest BCUT2D eigenvalue weighted by Crippen LogP contribution is 2.22. The van der Waals surface area contributed by atoms with Crippen LogP contribution in [0.2, 0.25) is 5.02 Å². The number of hydrogen-bond donors (Lipinski definition) is 1. The van der Waals surface area contributed by atoms with Gasteiger partial charge in [-0.3, -0.25) is 4.79 Å². The molecule has 0 amide bonds. The van der Waals surface area contributed by atoms with Crippen LogP contribution in [-0.4, -0.2) is 5.78 Å². The number of rotatable bonds is 1. The van der Waals surface area contributed by atoms with E-state index in [-0.39, 0.29) is 5.78 Å². The molecule has 0 saturated heterocycles. The third-order valence-electron chi connectivity index (χ3n) is 1.74. The van der Waals surface area contributed by atoms with Crippen LogP contribution >= 0.6 is 11.6 Å². The van der Waals surface area contributed by atoms with Gasteiger partial charge in [-0.05, 0) is 31.5 Å². The minimum Gasteiger partial charge on any atom is -0.398 e. The summed E-state index contributed by atoms with van der Waals surface area (Å²) in [5, 5.41) is 0.467. The highest BCUT2D eigenvalue weighted by atomic mass is 35.5. The van der Waals surface area contributed by atoms with Gasteiger partial charge in [-0.2, -0.15) is 0 Å². The van der Waals surface area contributed by atoms with E-state index >= 15 is 0 Å². The Balaban J connectivity index is 3.33. The highest BCUT2D eigenvalue weighted by Gasteiger charge is 2.07. The van der Waals surface area contributed by atoms with E-state index in [0.717, 1.165) is 5.56 Å². The van der Waals surface area contributed by atoms with E-state index in [0.29, 0.717) is 16.3 Å². The van der Waals surface area contributed by atoms with Crippen LogP contribution in [0.3, 0.4) is 0 Å². The molecule has 0 saturated carbocycles. The van der Waals surface area contributed by atoms with Crippen molar-refractivity contribution >= 4 is 23.1 Å². The van der Waals surface area contributed by atoms with Crippen molar-refractivity contribution in [2.24, 2.45) is 0 Å². The van der Waals surface area contributed by atoms with Gasteiger partial charge >= 0.3 is 0 Å². The number of carbonyl (C=O) groups excluding carboxylic acids is 1. The molecule has 2 N–H and O–H groups in total. The van der Waals surface area contributed by atoms with Gasteiger partial charge in [0, 0.05) is 11.3 Å². The fraction of sp³-hybridized carbons (Fsp3) is 0.222. The average molecular weight is 184 g/mol. The van der Waals surface area contributed by atoms with Crippen LogP contribution in [0.1, 0.15) is 22.8 Å². The minimum atomic E-state index is -0.0632. The number of benzene rings is 1. The van der Waals surface area contributed by atoms with Gasteiger partial charge in [-0.25, -0.2) is 0 Å². The van der Waals surface area contributed by atoms with Crippen molar-refractivity contribution in [2.45, 2.75) is 13.8 Å². The Morgan fingerprint density at radius 1 is 1.50 bits per heavy atom. The largest absolute Gasteiger partial charge is 0.398 e. The molecular formula is C9H10ClNO. The van der Waals surface area contributed by atoms with Crippen molar-refractivity contribution in [3.05, 3.63) is 28.3 Å². The molecule has 0 heterocycles. The van der Waals surface area contributed by atoms with E-state index in [1.807, 2.05) is 6.92 Å². The molecule has 0 spiro atoms. The Hall–Kier alpha value is -1.02. The van der Waals surface area contributed by atoms with Gasteiger partial charge in [0.2, 0.25) is 0 Å². The lowest BCUT2D eigenvalue weighted by Gasteiger charge is -2.04. The maximum absolute atomic E-state index is 11.0. The summed E-state index contributed by atoms with van der Waals surface area (Å²) in [6.45, 7) is 3.32. The SMILES string of the molecule is CC(=O)c1cc(N)c(C)cc1Cl. The number of hydrogen-bond acceptors (Lipinski definition) is 2. The second-order valence-corrected chi connectivity index (χ2v) is 3.15. The molecule has 0 bridgehead atoms. The molecular weight excluding hydrogens is 174 g/mol. The Kier molecular flexibility index (Phi) is 2.38. The third kappa shape index (κ3) is 1.59. The number of halogens is 1. The number of ketones is 1. The van der Waals surface area contributed by atoms with Gasteiger partial charge < -0.3 is 5.73 Å². The molecule has 0 aliphatic rings. The van der Waals surface area contributed by atoms with E-state index in [9.17, 15) is 4.79 Å². The summed E-state index contributed by atoms with van der Waals surface area (Å²) in [7, 11) is 0. The third-order valence-corrected chi connectivity index (χ3v) is 2.05. The Morgan fingerprint density at radius 2 is 2.08 bits per heavy atom. The van der Waals surface area contributed by atoms with Crippen molar-refractivity contribution in [3.63, 3.8) is 0 Å². The van der Waals surface area contributed by atoms with Crippen LogP contribution < -0.4 is 5.73 Å². The molecule has 0 aromatic heterocycles. The molecule has 1 aromatic rings. The van der Waals surface area contributed by atoms with Crippen molar-refractivity contribution in [1.82, 2.24) is 0 Å². The first-order valence-corrected chi connectivity index (χ1v) is 3.96. The zero-order chi connectivity index (χ0) is 9.30. The van der Waals surface area contributed by atoms with Crippen LogP contribution in [0.4, 0.5) is 5.69 Å². The zero-order valence-electron chi connectivity index (χ0n) is 7.02. The number of nitrogens with two attached hydrogens (primary N) is 1. The predicted molar refractivity (Wildman–Crippen MR) is 50.6 cm³/mol. The maximum atomic E-state index is 11.0. The zero-order valence-corrected chi connectivity index (χ0v) is 7.77. The number of aryl methyl sites for hydroxylation is 1. The summed E-state index contributed by atoms with van der Waals surface area (Å²) in [5.41, 5.74) is 7.60. The number of Topliss-reactive ketones (excluding diaryl/α,β-unsaturated/α-hetero) is 1. The van der Waals surface area contributed by atoms with E-state index in [2.05, 4.69) is 0 Å². The van der Waals surface area contributed by atoms with Gasteiger partial charge in [0.25, 0.3) is 0 Å². The van der Waals surface area contributed by atoms with Gasteiger partial charge in [0.05, 0.1) is 5.02 Å². The van der Waals surface area contributed by atoms with Crippen LogP contribution in [0.25, 0.3) is 0 Å². The standard InChI is InChI=1S/C9H10ClNO/c1-5-3-8(10)7(6(2)12)4-9(5)11/h3-4H,11H2,1-2H3. The summed E-state index contributed by atoms with van der Waals surface area (Å²) < 4.78 is 0. The summed E-state index contributed by atoms with van der Waals surface area (Å²) in [5.74, 6) is -0.0632. The van der Waals surface area contributed by atoms with Crippen molar-refractivity contribution in [1.29, 1.82) is 0 Å². The van der Waals surface area contributed by atoms with Crippen molar-refractivity contribution < 1.29 is 4.79 Å². The van der Waals surface area contributed by atoms with Crippen LogP contribution in [0, 0.1) is 6.92 Å². The smallest absolute Gasteiger partial charge is 0.161 e. The van der Waals surface area contributed by atoms with E-state index < -0.39 is 0 Å². The lowest BCUT2D eigenvalue weighted by atomic mass is 10.1. The number of nitrogen functional groups attached to an aromatic ring is 1. The molecule has 0 atom stereocenters. The van der Waals surface area contributed by atoms with Crippen molar-refractivity contribution in [2.75, 3.05) is 5.73 Å². The number of carbonyl (C=O) groups is 1. The fourth-order valence-electron chi connectivity index (χ4n) is 0.959. The van der Waals surface area contributed by atoms with E-state index in [1.54, 1.807) is 12.1 Å². The predicted octanol–water partition coefficient (Wildman–Crippen LogP) is 2.43. The molecule has 12 heavy (non-hydrogen) atoms. The minimum absolute atomic E-state index is 0.0632. The molecule has 64 valence electrons. The molecule has 3 heteroatoms. The Labute approximate surface area is 76.3 Å². The molecule has 0 radical (unpaired) electrons. The van der Waals surface area contributed by atoms with Crippen LogP contribution in [-0.2, 0) is 0 Å². The highest BCUT2D eigenvalue weighted by molar-refractivity contribution is 6.34. The normalized spacial score (nSPS) is 9.92. The lowest BCUT2D eigenvalue weighted by molar-refractivity contribution is 0.101. The Bertz CT molecular complexity index is 334. The van der Waals surface area contributed by atoms with Gasteiger partial charge in [-0.15, -0.1) is 0 Å². The molecule has 0 aliphatic heterocycles. The summed E-state index contributed by atoms with van der Waals surface area (Å²) in [6, 6.07) is 3.31. The summed E-state index contributed by atoms with van der Waals surface area (Å²) >= 11 is 5.82. The first kappa shape index (κ1) is 9.07.